The van der Waals surface area contributed by atoms with Crippen LogP contribution in [0.15, 0.2) is 52.9 Å². The molecule has 0 bridgehead atoms. The molecule has 1 saturated heterocycles. The van der Waals surface area contributed by atoms with Gasteiger partial charge in [-0.05, 0) is 54.7 Å². The maximum absolute atomic E-state index is 14.5. The van der Waals surface area contributed by atoms with Gasteiger partial charge in [0.05, 0.1) is 33.4 Å². The lowest BCUT2D eigenvalue weighted by Gasteiger charge is -2.53. The molecule has 0 saturated carbocycles. The van der Waals surface area contributed by atoms with Crippen LogP contribution in [0, 0.1) is 11.3 Å². The van der Waals surface area contributed by atoms with Crippen molar-refractivity contribution in [1.82, 2.24) is 4.90 Å². The molecule has 5 atom stereocenters. The predicted molar refractivity (Wildman–Crippen MR) is 160 cm³/mol. The Morgan fingerprint density at radius 3 is 2.26 bits per heavy atom. The van der Waals surface area contributed by atoms with E-state index >= 15 is 0 Å². The summed E-state index contributed by atoms with van der Waals surface area (Å²) in [5.74, 6) is -1.40. The summed E-state index contributed by atoms with van der Waals surface area (Å²) in [6.07, 6.45) is 0.0163. The van der Waals surface area contributed by atoms with Crippen LogP contribution >= 0.6 is 23.2 Å². The third-order valence-corrected chi connectivity index (χ3v) is 11.2. The molecule has 0 aliphatic carbocycles. The predicted octanol–water partition coefficient (Wildman–Crippen LogP) is 7.45. The van der Waals surface area contributed by atoms with Crippen molar-refractivity contribution in [3.05, 3.63) is 69.7 Å². The molecule has 0 aromatic heterocycles. The number of likely N-dealkylation sites (tertiary alicyclic amines) is 1. The standard InChI is InChI=1S/C30H40Cl2N2O4S/c1-7-33-39(38,20(4)5)18-26(19(2)3)34-28(21-11-13-23(31)14-12-21)25(22-9-8-10-24(32)15-22)16-30(6,29(34)37)17-27(35)36/h8-15,19-20,25-26,28H,7,16-18H2,1-6H3,(H,35,36)/t25-,26?,28-,30-,39?/m1/s1. The highest BCUT2D eigenvalue weighted by molar-refractivity contribution is 7.94. The molecule has 1 fully saturated rings. The Hall–Kier alpha value is -2.09. The Kier molecular flexibility index (Phi) is 10.2. The third kappa shape index (κ3) is 6.98. The Bertz CT molecular complexity index is 1300. The molecule has 214 valence electrons. The summed E-state index contributed by atoms with van der Waals surface area (Å²) < 4.78 is 18.7. The maximum atomic E-state index is 14.5. The fourth-order valence-corrected chi connectivity index (χ4v) is 8.28. The van der Waals surface area contributed by atoms with Crippen LogP contribution in [-0.2, 0) is 19.3 Å². The lowest BCUT2D eigenvalue weighted by Crippen LogP contribution is -2.59. The number of rotatable bonds is 10. The van der Waals surface area contributed by atoms with Crippen molar-refractivity contribution in [2.75, 3.05) is 12.3 Å². The van der Waals surface area contributed by atoms with Gasteiger partial charge in [-0.2, -0.15) is 0 Å². The van der Waals surface area contributed by atoms with Crippen molar-refractivity contribution in [2.45, 2.75) is 77.6 Å². The quantitative estimate of drug-likeness (QED) is 0.309. The highest BCUT2D eigenvalue weighted by atomic mass is 35.5. The lowest BCUT2D eigenvalue weighted by atomic mass is 9.66. The van der Waals surface area contributed by atoms with Crippen molar-refractivity contribution in [1.29, 1.82) is 0 Å². The molecular weight excluding hydrogens is 555 g/mol. The molecule has 39 heavy (non-hydrogen) atoms. The fourth-order valence-electron chi connectivity index (χ4n) is 5.70. The summed E-state index contributed by atoms with van der Waals surface area (Å²) in [4.78, 5) is 28.4. The Labute approximate surface area is 243 Å². The average Bonchev–Trinajstić information content (AvgIpc) is 2.84. The van der Waals surface area contributed by atoms with Crippen LogP contribution in [0.4, 0.5) is 0 Å². The van der Waals surface area contributed by atoms with E-state index in [0.717, 1.165) is 11.1 Å². The van der Waals surface area contributed by atoms with Gasteiger partial charge in [-0.3, -0.25) is 9.59 Å². The molecule has 1 aliphatic rings. The maximum Gasteiger partial charge on any atom is 0.304 e. The van der Waals surface area contributed by atoms with E-state index < -0.39 is 33.2 Å². The zero-order valence-electron chi connectivity index (χ0n) is 23.6. The lowest BCUT2D eigenvalue weighted by molar-refractivity contribution is -0.161. The fraction of sp³-hybridized carbons (Fsp3) is 0.533. The Morgan fingerprint density at radius 2 is 1.74 bits per heavy atom. The van der Waals surface area contributed by atoms with Crippen molar-refractivity contribution in [3.63, 3.8) is 0 Å². The van der Waals surface area contributed by atoms with Gasteiger partial charge in [-0.25, -0.2) is 8.57 Å². The zero-order valence-corrected chi connectivity index (χ0v) is 25.9. The van der Waals surface area contributed by atoms with Crippen LogP contribution in [0.3, 0.4) is 0 Å². The first-order chi connectivity index (χ1) is 18.2. The number of amides is 1. The number of halogens is 2. The number of carbonyl (C=O) groups is 2. The summed E-state index contributed by atoms with van der Waals surface area (Å²) in [6, 6.07) is 14.1. The van der Waals surface area contributed by atoms with Crippen LogP contribution in [-0.4, -0.2) is 49.7 Å². The van der Waals surface area contributed by atoms with E-state index in [1.807, 2.05) is 69.9 Å². The molecule has 3 rings (SSSR count). The summed E-state index contributed by atoms with van der Waals surface area (Å²) >= 11 is 12.7. The molecule has 2 aromatic carbocycles. The molecular formula is C30H40Cl2N2O4S. The van der Waals surface area contributed by atoms with Gasteiger partial charge < -0.3 is 10.0 Å². The normalized spacial score (nSPS) is 24.1. The van der Waals surface area contributed by atoms with E-state index in [1.54, 1.807) is 25.1 Å². The van der Waals surface area contributed by atoms with Crippen LogP contribution in [0.1, 0.15) is 77.5 Å². The largest absolute Gasteiger partial charge is 0.481 e. The van der Waals surface area contributed by atoms with Crippen molar-refractivity contribution in [2.24, 2.45) is 15.7 Å². The Balaban J connectivity index is 2.33. The number of aliphatic carboxylic acids is 1. The molecule has 1 N–H and O–H groups in total. The molecule has 6 nitrogen and oxygen atoms in total. The summed E-state index contributed by atoms with van der Waals surface area (Å²) in [5, 5.41) is 10.8. The van der Waals surface area contributed by atoms with E-state index in [4.69, 9.17) is 23.2 Å². The van der Waals surface area contributed by atoms with E-state index in [9.17, 15) is 18.9 Å². The highest BCUT2D eigenvalue weighted by Crippen LogP contribution is 2.52. The molecule has 0 radical (unpaired) electrons. The van der Waals surface area contributed by atoms with Crippen molar-refractivity contribution >= 4 is 44.8 Å². The van der Waals surface area contributed by atoms with Gasteiger partial charge in [0.15, 0.2) is 0 Å². The second-order valence-electron chi connectivity index (χ2n) is 11.4. The molecule has 1 aliphatic heterocycles. The van der Waals surface area contributed by atoms with Crippen LogP contribution in [0.2, 0.25) is 10.0 Å². The minimum atomic E-state index is -2.66. The number of hydrogen-bond donors (Lipinski definition) is 1. The summed E-state index contributed by atoms with van der Waals surface area (Å²) in [5.41, 5.74) is 0.626. The average molecular weight is 596 g/mol. The monoisotopic (exact) mass is 594 g/mol. The first kappa shape index (κ1) is 31.4. The molecule has 2 aromatic rings. The van der Waals surface area contributed by atoms with Crippen LogP contribution < -0.4 is 0 Å². The highest BCUT2D eigenvalue weighted by Gasteiger charge is 2.53. The van der Waals surface area contributed by atoms with E-state index in [-0.39, 0.29) is 35.2 Å². The van der Waals surface area contributed by atoms with E-state index in [0.29, 0.717) is 23.0 Å². The summed E-state index contributed by atoms with van der Waals surface area (Å²) in [7, 11) is -2.66. The topological polar surface area (TPSA) is 87.0 Å². The van der Waals surface area contributed by atoms with E-state index in [1.165, 1.54) is 0 Å². The minimum Gasteiger partial charge on any atom is -0.481 e. The number of carboxylic acids is 1. The van der Waals surface area contributed by atoms with Crippen molar-refractivity contribution < 1.29 is 18.9 Å². The molecule has 2 unspecified atom stereocenters. The van der Waals surface area contributed by atoms with Crippen LogP contribution in [0.5, 0.6) is 0 Å². The van der Waals surface area contributed by atoms with Crippen LogP contribution in [0.25, 0.3) is 0 Å². The Morgan fingerprint density at radius 1 is 1.10 bits per heavy atom. The first-order valence-corrected chi connectivity index (χ1v) is 16.0. The smallest absolute Gasteiger partial charge is 0.304 e. The SMILES string of the molecule is CCN=S(=O)(CC(C(C)C)N1C(=O)[C@@](C)(CC(=O)O)C[C@H](c2cccc(Cl)c2)[C@H]1c1ccc(Cl)cc1)C(C)C. The number of nitrogens with zero attached hydrogens (tertiary/aromatic N) is 2. The number of carboxylic acid groups (broad SMARTS) is 1. The third-order valence-electron chi connectivity index (χ3n) is 7.75. The van der Waals surface area contributed by atoms with Gasteiger partial charge in [0.25, 0.3) is 0 Å². The number of carbonyl (C=O) groups excluding carboxylic acids is 1. The van der Waals surface area contributed by atoms with Gasteiger partial charge >= 0.3 is 5.97 Å². The van der Waals surface area contributed by atoms with Gasteiger partial charge in [0.1, 0.15) is 0 Å². The van der Waals surface area contributed by atoms with Gasteiger partial charge in [-0.1, -0.05) is 82.1 Å². The van der Waals surface area contributed by atoms with Gasteiger partial charge in [0.2, 0.25) is 5.91 Å². The van der Waals surface area contributed by atoms with Gasteiger partial charge in [0, 0.05) is 33.8 Å². The van der Waals surface area contributed by atoms with Crippen molar-refractivity contribution in [3.8, 4) is 0 Å². The second-order valence-corrected chi connectivity index (χ2v) is 15.2. The molecule has 9 heteroatoms. The number of benzene rings is 2. The molecule has 0 spiro atoms. The number of hydrogen-bond acceptors (Lipinski definition) is 4. The second kappa shape index (κ2) is 12.6. The molecule has 1 heterocycles. The molecule has 1 amide bonds. The van der Waals surface area contributed by atoms with Gasteiger partial charge in [-0.15, -0.1) is 0 Å². The zero-order chi connectivity index (χ0) is 29.1. The van der Waals surface area contributed by atoms with E-state index in [2.05, 4.69) is 4.36 Å². The minimum absolute atomic E-state index is 0.0671. The number of piperidine rings is 1. The summed E-state index contributed by atoms with van der Waals surface area (Å²) in [6.45, 7) is 11.8. The first-order valence-electron chi connectivity index (χ1n) is 13.5.